The lowest BCUT2D eigenvalue weighted by Gasteiger charge is -2.05. The third-order valence-electron chi connectivity index (χ3n) is 2.13. The van der Waals surface area contributed by atoms with Gasteiger partial charge in [-0.25, -0.2) is 0 Å². The van der Waals surface area contributed by atoms with Crippen LogP contribution in [0.4, 0.5) is 5.69 Å². The van der Waals surface area contributed by atoms with Crippen LogP contribution in [0.5, 0.6) is 0 Å². The summed E-state index contributed by atoms with van der Waals surface area (Å²) < 4.78 is 0. The third kappa shape index (κ3) is 4.46. The maximum Gasteiger partial charge on any atom is 0.317 e. The van der Waals surface area contributed by atoms with E-state index in [-0.39, 0.29) is 6.54 Å². The van der Waals surface area contributed by atoms with Gasteiger partial charge in [-0.3, -0.25) is 4.79 Å². The molecule has 0 spiro atoms. The minimum absolute atomic E-state index is 0.0181. The van der Waals surface area contributed by atoms with E-state index in [9.17, 15) is 4.79 Å². The molecule has 0 aliphatic carbocycles. The molecule has 1 rings (SSSR count). The maximum atomic E-state index is 10.2. The molecule has 1 aromatic rings. The van der Waals surface area contributed by atoms with Crippen molar-refractivity contribution in [2.75, 3.05) is 18.8 Å². The molecule has 0 aliphatic heterocycles. The molecule has 0 heterocycles. The first kappa shape index (κ1) is 11.5. The van der Waals surface area contributed by atoms with Crippen molar-refractivity contribution >= 4 is 11.7 Å². The quantitative estimate of drug-likeness (QED) is 0.479. The van der Waals surface area contributed by atoms with E-state index in [0.29, 0.717) is 6.54 Å². The Labute approximate surface area is 89.1 Å². The molecule has 1 aromatic carbocycles. The summed E-state index contributed by atoms with van der Waals surface area (Å²) in [7, 11) is 0. The van der Waals surface area contributed by atoms with E-state index in [1.165, 1.54) is 0 Å². The number of anilines is 1. The number of carboxylic acids is 1. The van der Waals surface area contributed by atoms with Crippen molar-refractivity contribution in [3.8, 4) is 0 Å². The molecule has 4 nitrogen and oxygen atoms in total. The Balaban J connectivity index is 2.21. The standard InChI is InChI=1S/C11H16N2O2/c12-10-6-2-1-4-9(10)5-3-7-13-8-11(14)15/h1-2,4,6,13H,3,5,7-8,12H2,(H,14,15). The zero-order valence-electron chi connectivity index (χ0n) is 8.57. The summed E-state index contributed by atoms with van der Waals surface area (Å²) in [5.41, 5.74) is 7.69. The number of para-hydroxylation sites is 1. The minimum Gasteiger partial charge on any atom is -0.480 e. The zero-order chi connectivity index (χ0) is 11.1. The Hall–Kier alpha value is -1.55. The summed E-state index contributed by atoms with van der Waals surface area (Å²) in [6.07, 6.45) is 1.76. The van der Waals surface area contributed by atoms with Crippen LogP contribution in [0.3, 0.4) is 0 Å². The molecule has 0 bridgehead atoms. The van der Waals surface area contributed by atoms with Gasteiger partial charge in [0.2, 0.25) is 0 Å². The summed E-state index contributed by atoms with van der Waals surface area (Å²) in [5, 5.41) is 11.2. The fraction of sp³-hybridized carbons (Fsp3) is 0.364. The van der Waals surface area contributed by atoms with Crippen LogP contribution in [0, 0.1) is 0 Å². The number of nitrogens with two attached hydrogens (primary N) is 1. The largest absolute Gasteiger partial charge is 0.480 e. The molecule has 0 radical (unpaired) electrons. The normalized spacial score (nSPS) is 10.1. The average molecular weight is 208 g/mol. The predicted molar refractivity (Wildman–Crippen MR) is 59.7 cm³/mol. The van der Waals surface area contributed by atoms with Crippen molar-refractivity contribution in [1.82, 2.24) is 5.32 Å². The van der Waals surface area contributed by atoms with Gasteiger partial charge in [-0.2, -0.15) is 0 Å². The van der Waals surface area contributed by atoms with Crippen molar-refractivity contribution in [2.24, 2.45) is 0 Å². The van der Waals surface area contributed by atoms with Crippen LogP contribution in [0.2, 0.25) is 0 Å². The van der Waals surface area contributed by atoms with E-state index < -0.39 is 5.97 Å². The Morgan fingerprint density at radius 2 is 2.13 bits per heavy atom. The first-order valence-electron chi connectivity index (χ1n) is 4.96. The molecule has 82 valence electrons. The van der Waals surface area contributed by atoms with Gasteiger partial charge in [0.05, 0.1) is 6.54 Å². The van der Waals surface area contributed by atoms with Gasteiger partial charge in [-0.15, -0.1) is 0 Å². The number of nitrogen functional groups attached to an aromatic ring is 1. The van der Waals surface area contributed by atoms with E-state index in [2.05, 4.69) is 5.32 Å². The second-order valence-corrected chi connectivity index (χ2v) is 3.37. The lowest BCUT2D eigenvalue weighted by molar-refractivity contribution is -0.135. The highest BCUT2D eigenvalue weighted by Crippen LogP contribution is 2.11. The van der Waals surface area contributed by atoms with Crippen molar-refractivity contribution in [3.63, 3.8) is 0 Å². The predicted octanol–water partition coefficient (Wildman–Crippen LogP) is 0.876. The second-order valence-electron chi connectivity index (χ2n) is 3.37. The summed E-state index contributed by atoms with van der Waals surface area (Å²) >= 11 is 0. The molecule has 0 saturated carbocycles. The third-order valence-corrected chi connectivity index (χ3v) is 2.13. The molecule has 0 aliphatic rings. The van der Waals surface area contributed by atoms with E-state index in [4.69, 9.17) is 10.8 Å². The van der Waals surface area contributed by atoms with E-state index in [1.54, 1.807) is 0 Å². The number of benzene rings is 1. The highest BCUT2D eigenvalue weighted by molar-refractivity contribution is 5.68. The van der Waals surface area contributed by atoms with Gasteiger partial charge in [-0.1, -0.05) is 18.2 Å². The number of carboxylic acid groups (broad SMARTS) is 1. The van der Waals surface area contributed by atoms with Gasteiger partial charge < -0.3 is 16.2 Å². The minimum atomic E-state index is -0.825. The summed E-state index contributed by atoms with van der Waals surface area (Å²) in [6, 6.07) is 7.73. The van der Waals surface area contributed by atoms with Crippen LogP contribution >= 0.6 is 0 Å². The first-order valence-corrected chi connectivity index (χ1v) is 4.96. The topological polar surface area (TPSA) is 75.3 Å². The van der Waals surface area contributed by atoms with Gasteiger partial charge in [0, 0.05) is 5.69 Å². The maximum absolute atomic E-state index is 10.2. The van der Waals surface area contributed by atoms with E-state index in [1.807, 2.05) is 24.3 Å². The van der Waals surface area contributed by atoms with E-state index >= 15 is 0 Å². The molecule has 0 amide bonds. The fourth-order valence-electron chi connectivity index (χ4n) is 1.36. The highest BCUT2D eigenvalue weighted by atomic mass is 16.4. The summed E-state index contributed by atoms with van der Waals surface area (Å²) in [5.74, 6) is -0.825. The SMILES string of the molecule is Nc1ccccc1CCCNCC(=O)O. The molecular weight excluding hydrogens is 192 g/mol. The molecule has 0 unspecified atom stereocenters. The van der Waals surface area contributed by atoms with Gasteiger partial charge in [0.1, 0.15) is 0 Å². The Morgan fingerprint density at radius 1 is 1.40 bits per heavy atom. The van der Waals surface area contributed by atoms with Gasteiger partial charge in [0.15, 0.2) is 0 Å². The average Bonchev–Trinajstić information content (AvgIpc) is 2.20. The number of hydrogen-bond donors (Lipinski definition) is 3. The first-order chi connectivity index (χ1) is 7.20. The molecule has 0 atom stereocenters. The molecule has 4 heteroatoms. The van der Waals surface area contributed by atoms with Crippen LogP contribution in [-0.2, 0) is 11.2 Å². The Morgan fingerprint density at radius 3 is 2.80 bits per heavy atom. The number of rotatable bonds is 6. The number of aryl methyl sites for hydroxylation is 1. The van der Waals surface area contributed by atoms with E-state index in [0.717, 1.165) is 24.1 Å². The van der Waals surface area contributed by atoms with Crippen LogP contribution in [0.25, 0.3) is 0 Å². The smallest absolute Gasteiger partial charge is 0.317 e. The zero-order valence-corrected chi connectivity index (χ0v) is 8.57. The van der Waals surface area contributed by atoms with Crippen molar-refractivity contribution in [3.05, 3.63) is 29.8 Å². The Bertz CT molecular complexity index is 326. The summed E-state index contributed by atoms with van der Waals surface area (Å²) in [6.45, 7) is 0.713. The van der Waals surface area contributed by atoms with Crippen molar-refractivity contribution < 1.29 is 9.90 Å². The van der Waals surface area contributed by atoms with Gasteiger partial charge >= 0.3 is 5.97 Å². The monoisotopic (exact) mass is 208 g/mol. The number of nitrogens with one attached hydrogen (secondary N) is 1. The van der Waals surface area contributed by atoms with Crippen LogP contribution in [0.15, 0.2) is 24.3 Å². The van der Waals surface area contributed by atoms with Crippen LogP contribution in [0.1, 0.15) is 12.0 Å². The molecule has 0 aromatic heterocycles. The van der Waals surface area contributed by atoms with Gasteiger partial charge in [-0.05, 0) is 31.0 Å². The second kappa shape index (κ2) is 6.03. The molecular formula is C11H16N2O2. The lowest BCUT2D eigenvalue weighted by atomic mass is 10.1. The number of aliphatic carboxylic acids is 1. The van der Waals surface area contributed by atoms with Crippen molar-refractivity contribution in [2.45, 2.75) is 12.8 Å². The van der Waals surface area contributed by atoms with Crippen LogP contribution in [-0.4, -0.2) is 24.2 Å². The molecule has 15 heavy (non-hydrogen) atoms. The van der Waals surface area contributed by atoms with Crippen LogP contribution < -0.4 is 11.1 Å². The molecule has 0 saturated heterocycles. The molecule has 4 N–H and O–H groups in total. The number of carbonyl (C=O) groups is 1. The molecule has 0 fully saturated rings. The lowest BCUT2D eigenvalue weighted by Crippen LogP contribution is -2.23. The van der Waals surface area contributed by atoms with Crippen molar-refractivity contribution in [1.29, 1.82) is 0 Å². The van der Waals surface area contributed by atoms with Gasteiger partial charge in [0.25, 0.3) is 0 Å². The Kier molecular flexibility index (Phi) is 4.63. The highest BCUT2D eigenvalue weighted by Gasteiger charge is 1.98. The number of hydrogen-bond acceptors (Lipinski definition) is 3. The fourth-order valence-corrected chi connectivity index (χ4v) is 1.36. The summed E-state index contributed by atoms with van der Waals surface area (Å²) in [4.78, 5) is 10.2.